The van der Waals surface area contributed by atoms with E-state index in [1.54, 1.807) is 18.2 Å². The lowest BCUT2D eigenvalue weighted by Crippen LogP contribution is -2.54. The molecule has 0 bridgehead atoms. The molecule has 138 valence electrons. The maximum Gasteiger partial charge on any atom is 0.262 e. The molecule has 0 aromatic heterocycles. The highest BCUT2D eigenvalue weighted by atomic mass is 16.3. The number of hydrogen-bond acceptors (Lipinski definition) is 7. The number of carbonyl (C=O) groups excluding carboxylic acids is 4. The molecule has 1 aromatic rings. The Morgan fingerprint density at radius 1 is 1.27 bits per heavy atom. The summed E-state index contributed by atoms with van der Waals surface area (Å²) < 4.78 is 0. The molecule has 0 saturated carbocycles. The number of aliphatic hydroxyl groups is 1. The molecule has 4 amide bonds. The normalized spacial score (nSPS) is 21.0. The number of amides is 4. The van der Waals surface area contributed by atoms with Crippen LogP contribution in [0, 0.1) is 0 Å². The first-order chi connectivity index (χ1) is 12.4. The largest absolute Gasteiger partial charge is 0.395 e. The molecule has 3 rings (SSSR count). The van der Waals surface area contributed by atoms with Crippen molar-refractivity contribution in [1.29, 1.82) is 0 Å². The molecule has 1 fully saturated rings. The average Bonchev–Trinajstić information content (AvgIpc) is 2.87. The fourth-order valence-corrected chi connectivity index (χ4v) is 3.19. The van der Waals surface area contributed by atoms with Crippen LogP contribution < -0.4 is 16.4 Å². The van der Waals surface area contributed by atoms with E-state index in [4.69, 9.17) is 10.8 Å². The summed E-state index contributed by atoms with van der Waals surface area (Å²) >= 11 is 0. The zero-order chi connectivity index (χ0) is 18.8. The van der Waals surface area contributed by atoms with Gasteiger partial charge >= 0.3 is 0 Å². The fraction of sp³-hybridized carbons (Fsp3) is 0.412. The fourth-order valence-electron chi connectivity index (χ4n) is 3.19. The number of piperidine rings is 1. The van der Waals surface area contributed by atoms with Crippen molar-refractivity contribution in [3.05, 3.63) is 34.9 Å². The molecule has 26 heavy (non-hydrogen) atoms. The van der Waals surface area contributed by atoms with Crippen molar-refractivity contribution in [3.63, 3.8) is 0 Å². The third-order valence-electron chi connectivity index (χ3n) is 4.51. The van der Waals surface area contributed by atoms with Gasteiger partial charge in [0.1, 0.15) is 6.04 Å². The molecule has 0 radical (unpaired) electrons. The van der Waals surface area contributed by atoms with Crippen molar-refractivity contribution in [2.24, 2.45) is 5.73 Å². The topological polar surface area (TPSA) is 142 Å². The Kier molecular flexibility index (Phi) is 5.12. The summed E-state index contributed by atoms with van der Waals surface area (Å²) in [6.07, 6.45) is 0.201. The molecule has 2 aliphatic heterocycles. The number of imide groups is 2. The minimum atomic E-state index is -0.983. The van der Waals surface area contributed by atoms with E-state index in [-0.39, 0.29) is 30.6 Å². The quantitative estimate of drug-likeness (QED) is 0.452. The highest BCUT2D eigenvalue weighted by Gasteiger charge is 2.45. The van der Waals surface area contributed by atoms with Crippen molar-refractivity contribution < 1.29 is 24.3 Å². The molecule has 1 saturated heterocycles. The van der Waals surface area contributed by atoms with Gasteiger partial charge in [-0.1, -0.05) is 12.1 Å². The lowest BCUT2D eigenvalue weighted by Gasteiger charge is -2.27. The van der Waals surface area contributed by atoms with Crippen molar-refractivity contribution in [3.8, 4) is 0 Å². The molecular formula is C17H20N4O5. The smallest absolute Gasteiger partial charge is 0.262 e. The van der Waals surface area contributed by atoms with Crippen LogP contribution in [0.15, 0.2) is 18.2 Å². The van der Waals surface area contributed by atoms with Gasteiger partial charge in [0.15, 0.2) is 0 Å². The summed E-state index contributed by atoms with van der Waals surface area (Å²) in [4.78, 5) is 49.9. The Balaban J connectivity index is 1.82. The van der Waals surface area contributed by atoms with Crippen molar-refractivity contribution >= 4 is 23.6 Å². The maximum absolute atomic E-state index is 12.9. The Hall–Kier alpha value is -2.62. The third kappa shape index (κ3) is 3.24. The molecule has 9 nitrogen and oxygen atoms in total. The van der Waals surface area contributed by atoms with Crippen molar-refractivity contribution in [2.45, 2.75) is 31.5 Å². The summed E-state index contributed by atoms with van der Waals surface area (Å²) in [5, 5.41) is 14.2. The number of rotatable bonds is 6. The molecule has 1 aromatic carbocycles. The van der Waals surface area contributed by atoms with E-state index in [0.717, 1.165) is 4.90 Å². The molecule has 5 N–H and O–H groups in total. The first-order valence-corrected chi connectivity index (χ1v) is 8.34. The molecule has 0 spiro atoms. The minimum absolute atomic E-state index is 0.0806. The first-order valence-electron chi connectivity index (χ1n) is 8.34. The molecule has 2 unspecified atom stereocenters. The van der Waals surface area contributed by atoms with Crippen LogP contribution in [0.25, 0.3) is 0 Å². The van der Waals surface area contributed by atoms with Crippen molar-refractivity contribution in [2.75, 3.05) is 13.2 Å². The van der Waals surface area contributed by atoms with Crippen LogP contribution in [0.3, 0.4) is 0 Å². The van der Waals surface area contributed by atoms with Gasteiger partial charge in [-0.2, -0.15) is 0 Å². The second-order valence-corrected chi connectivity index (χ2v) is 6.36. The van der Waals surface area contributed by atoms with Gasteiger partial charge in [0.25, 0.3) is 11.8 Å². The van der Waals surface area contributed by atoms with E-state index in [0.29, 0.717) is 18.7 Å². The summed E-state index contributed by atoms with van der Waals surface area (Å²) in [5.41, 5.74) is 6.74. The van der Waals surface area contributed by atoms with Crippen LogP contribution in [0.4, 0.5) is 0 Å². The summed E-state index contributed by atoms with van der Waals surface area (Å²) in [7, 11) is 0. The predicted molar refractivity (Wildman–Crippen MR) is 89.9 cm³/mol. The zero-order valence-electron chi connectivity index (χ0n) is 14.0. The number of aliphatic hydroxyl groups excluding tert-OH is 1. The molecule has 0 aliphatic carbocycles. The van der Waals surface area contributed by atoms with Gasteiger partial charge in [-0.05, 0) is 18.1 Å². The first kappa shape index (κ1) is 18.2. The van der Waals surface area contributed by atoms with Crippen LogP contribution in [-0.4, -0.2) is 58.9 Å². The van der Waals surface area contributed by atoms with Gasteiger partial charge in [-0.25, -0.2) is 0 Å². The van der Waals surface area contributed by atoms with E-state index < -0.39 is 35.7 Å². The third-order valence-corrected chi connectivity index (χ3v) is 4.51. The Labute approximate surface area is 149 Å². The van der Waals surface area contributed by atoms with Gasteiger partial charge in [0.05, 0.1) is 17.7 Å². The van der Waals surface area contributed by atoms with E-state index in [2.05, 4.69) is 10.6 Å². The number of nitrogens with zero attached hydrogens (tertiary/aromatic N) is 1. The highest BCUT2D eigenvalue weighted by Crippen LogP contribution is 2.29. The summed E-state index contributed by atoms with van der Waals surface area (Å²) in [6.45, 7) is 0.471. The highest BCUT2D eigenvalue weighted by molar-refractivity contribution is 6.24. The molecule has 2 atom stereocenters. The van der Waals surface area contributed by atoms with Gasteiger partial charge in [0.2, 0.25) is 11.8 Å². The molecule has 2 aliphatic rings. The Morgan fingerprint density at radius 3 is 2.73 bits per heavy atom. The second-order valence-electron chi connectivity index (χ2n) is 6.36. The van der Waals surface area contributed by atoms with Crippen LogP contribution in [0.1, 0.15) is 39.1 Å². The molecule has 2 heterocycles. The van der Waals surface area contributed by atoms with E-state index in [1.165, 1.54) is 0 Å². The minimum Gasteiger partial charge on any atom is -0.395 e. The predicted octanol–water partition coefficient (Wildman–Crippen LogP) is -1.50. The maximum atomic E-state index is 12.9. The lowest BCUT2D eigenvalue weighted by molar-refractivity contribution is -0.136. The number of carbonyl (C=O) groups is 4. The second kappa shape index (κ2) is 7.32. The standard InChI is InChI=1S/C17H20N4O5/c18-10(8-22)7-19-6-9-2-1-3-11-14(9)17(26)21(16(11)25)12-4-5-13(23)20-15(12)24/h1-3,10,12,19,22H,4-8,18H2,(H,20,23,24). The monoisotopic (exact) mass is 360 g/mol. The average molecular weight is 360 g/mol. The van der Waals surface area contributed by atoms with Crippen LogP contribution in [-0.2, 0) is 16.1 Å². The van der Waals surface area contributed by atoms with E-state index in [9.17, 15) is 19.2 Å². The number of nitrogens with one attached hydrogen (secondary N) is 2. The van der Waals surface area contributed by atoms with E-state index >= 15 is 0 Å². The number of fused-ring (bicyclic) bond motifs is 1. The van der Waals surface area contributed by atoms with Gasteiger partial charge in [-0.3, -0.25) is 29.4 Å². The SMILES string of the molecule is NC(CO)CNCc1cccc2c1C(=O)N(C1CCC(=O)NC1=O)C2=O. The molecule has 9 heteroatoms. The summed E-state index contributed by atoms with van der Waals surface area (Å²) in [5.74, 6) is -2.12. The van der Waals surface area contributed by atoms with Crippen LogP contribution in [0.2, 0.25) is 0 Å². The number of hydrogen-bond donors (Lipinski definition) is 4. The van der Waals surface area contributed by atoms with Gasteiger partial charge in [0, 0.05) is 25.6 Å². The van der Waals surface area contributed by atoms with Crippen LogP contribution >= 0.6 is 0 Å². The zero-order valence-corrected chi connectivity index (χ0v) is 14.0. The van der Waals surface area contributed by atoms with Gasteiger partial charge in [-0.15, -0.1) is 0 Å². The summed E-state index contributed by atoms with van der Waals surface area (Å²) in [6, 6.07) is 3.52. The Bertz CT molecular complexity index is 778. The van der Waals surface area contributed by atoms with E-state index in [1.807, 2.05) is 0 Å². The van der Waals surface area contributed by atoms with Gasteiger partial charge < -0.3 is 16.2 Å². The lowest BCUT2D eigenvalue weighted by atomic mass is 10.0. The number of benzene rings is 1. The van der Waals surface area contributed by atoms with Crippen LogP contribution in [0.5, 0.6) is 0 Å². The van der Waals surface area contributed by atoms with Crippen molar-refractivity contribution in [1.82, 2.24) is 15.5 Å². The Morgan fingerprint density at radius 2 is 2.04 bits per heavy atom. The number of nitrogens with two attached hydrogens (primary N) is 1. The molecular weight excluding hydrogens is 340 g/mol.